The number of rotatable bonds is 2. The fourth-order valence-corrected chi connectivity index (χ4v) is 3.45. The first-order valence-corrected chi connectivity index (χ1v) is 7.47. The van der Waals surface area contributed by atoms with Gasteiger partial charge >= 0.3 is 0 Å². The van der Waals surface area contributed by atoms with Crippen molar-refractivity contribution < 1.29 is 9.18 Å². The van der Waals surface area contributed by atoms with Gasteiger partial charge in [0.15, 0.2) is 0 Å². The van der Waals surface area contributed by atoms with E-state index in [2.05, 4.69) is 12.2 Å². The molecule has 3 nitrogen and oxygen atoms in total. The molecular formula is C16H21FN2O. The van der Waals surface area contributed by atoms with Crippen molar-refractivity contribution in [3.63, 3.8) is 0 Å². The van der Waals surface area contributed by atoms with Gasteiger partial charge in [0.25, 0.3) is 0 Å². The highest BCUT2D eigenvalue weighted by Crippen LogP contribution is 2.37. The van der Waals surface area contributed by atoms with Crippen molar-refractivity contribution >= 4 is 11.6 Å². The number of piperidine rings is 1. The summed E-state index contributed by atoms with van der Waals surface area (Å²) in [7, 11) is 0. The third-order valence-electron chi connectivity index (χ3n) is 4.79. The number of fused-ring (bicyclic) bond motifs is 1. The second kappa shape index (κ2) is 5.17. The monoisotopic (exact) mass is 276 g/mol. The zero-order valence-corrected chi connectivity index (χ0v) is 11.9. The van der Waals surface area contributed by atoms with Crippen molar-refractivity contribution in [2.24, 2.45) is 5.41 Å². The molecule has 2 aliphatic heterocycles. The third kappa shape index (κ3) is 2.12. The van der Waals surface area contributed by atoms with Crippen LogP contribution in [0.5, 0.6) is 0 Å². The molecule has 1 aromatic rings. The zero-order valence-electron chi connectivity index (χ0n) is 11.9. The van der Waals surface area contributed by atoms with Gasteiger partial charge in [0.2, 0.25) is 5.91 Å². The van der Waals surface area contributed by atoms with Gasteiger partial charge in [0, 0.05) is 18.8 Å². The van der Waals surface area contributed by atoms with Gasteiger partial charge in [0.1, 0.15) is 5.82 Å². The molecule has 2 heterocycles. The van der Waals surface area contributed by atoms with Crippen LogP contribution in [0.2, 0.25) is 0 Å². The molecule has 0 aromatic heterocycles. The number of benzene rings is 1. The van der Waals surface area contributed by atoms with Crippen LogP contribution in [0.25, 0.3) is 0 Å². The topological polar surface area (TPSA) is 32.3 Å². The number of carbonyl (C=O) groups is 1. The van der Waals surface area contributed by atoms with Gasteiger partial charge < -0.3 is 10.2 Å². The molecule has 0 bridgehead atoms. The van der Waals surface area contributed by atoms with Crippen LogP contribution in [0.15, 0.2) is 18.2 Å². The highest BCUT2D eigenvalue weighted by molar-refractivity contribution is 5.99. The summed E-state index contributed by atoms with van der Waals surface area (Å²) in [6.45, 7) is 4.48. The predicted octanol–water partition coefficient (Wildman–Crippen LogP) is 2.49. The maximum atomic E-state index is 13.5. The summed E-state index contributed by atoms with van der Waals surface area (Å²) >= 11 is 0. The van der Waals surface area contributed by atoms with E-state index in [0.717, 1.165) is 50.0 Å². The summed E-state index contributed by atoms with van der Waals surface area (Å²) in [5.74, 6) is -0.104. The number of halogens is 1. The van der Waals surface area contributed by atoms with Crippen LogP contribution in [0.3, 0.4) is 0 Å². The molecular weight excluding hydrogens is 255 g/mol. The Morgan fingerprint density at radius 3 is 3.05 bits per heavy atom. The van der Waals surface area contributed by atoms with Gasteiger partial charge in [-0.2, -0.15) is 0 Å². The number of nitrogens with zero attached hydrogens (tertiary/aromatic N) is 1. The number of amides is 1. The largest absolute Gasteiger partial charge is 0.316 e. The first-order valence-electron chi connectivity index (χ1n) is 7.47. The second-order valence-corrected chi connectivity index (χ2v) is 5.89. The summed E-state index contributed by atoms with van der Waals surface area (Å²) in [5, 5.41) is 3.34. The third-order valence-corrected chi connectivity index (χ3v) is 4.79. The lowest BCUT2D eigenvalue weighted by atomic mass is 9.77. The van der Waals surface area contributed by atoms with Crippen molar-refractivity contribution in [2.75, 3.05) is 24.5 Å². The Labute approximate surface area is 119 Å². The Morgan fingerprint density at radius 1 is 1.50 bits per heavy atom. The van der Waals surface area contributed by atoms with Crippen LogP contribution in [0, 0.1) is 11.2 Å². The van der Waals surface area contributed by atoms with Crippen LogP contribution < -0.4 is 10.2 Å². The van der Waals surface area contributed by atoms with Crippen molar-refractivity contribution in [1.29, 1.82) is 0 Å². The normalized spacial score (nSPS) is 25.6. The molecule has 0 saturated carbocycles. The molecule has 1 amide bonds. The van der Waals surface area contributed by atoms with Gasteiger partial charge in [-0.3, -0.25) is 4.79 Å². The molecule has 0 spiro atoms. The van der Waals surface area contributed by atoms with Crippen LogP contribution in [-0.4, -0.2) is 25.5 Å². The van der Waals surface area contributed by atoms with Crippen molar-refractivity contribution in [3.05, 3.63) is 29.6 Å². The fourth-order valence-electron chi connectivity index (χ4n) is 3.45. The first kappa shape index (κ1) is 13.6. The smallest absolute Gasteiger partial charge is 0.234 e. The van der Waals surface area contributed by atoms with Gasteiger partial charge in [0.05, 0.1) is 5.41 Å². The summed E-state index contributed by atoms with van der Waals surface area (Å²) in [6.07, 6.45) is 3.62. The number of anilines is 1. The van der Waals surface area contributed by atoms with Crippen molar-refractivity contribution in [2.45, 2.75) is 32.6 Å². The molecule has 20 heavy (non-hydrogen) atoms. The Kier molecular flexibility index (Phi) is 3.50. The number of hydrogen-bond acceptors (Lipinski definition) is 2. The van der Waals surface area contributed by atoms with Gasteiger partial charge in [-0.25, -0.2) is 4.39 Å². The maximum Gasteiger partial charge on any atom is 0.234 e. The summed E-state index contributed by atoms with van der Waals surface area (Å²) in [5.41, 5.74) is 1.54. The van der Waals surface area contributed by atoms with Crippen LogP contribution in [0.4, 0.5) is 10.1 Å². The van der Waals surface area contributed by atoms with E-state index >= 15 is 0 Å². The summed E-state index contributed by atoms with van der Waals surface area (Å²) in [4.78, 5) is 14.8. The molecule has 3 rings (SSSR count). The van der Waals surface area contributed by atoms with Crippen LogP contribution in [0.1, 0.15) is 31.7 Å². The SMILES string of the molecule is CCC1(C(=O)N2CCc3ccc(F)cc32)CCCNC1. The molecule has 1 N–H and O–H groups in total. The lowest BCUT2D eigenvalue weighted by Gasteiger charge is -2.38. The average Bonchev–Trinajstić information content (AvgIpc) is 2.90. The van der Waals surface area contributed by atoms with Crippen LogP contribution >= 0.6 is 0 Å². The molecule has 108 valence electrons. The minimum Gasteiger partial charge on any atom is -0.316 e. The fraction of sp³-hybridized carbons (Fsp3) is 0.562. The molecule has 1 atom stereocenters. The van der Waals surface area contributed by atoms with Gasteiger partial charge in [-0.05, 0) is 49.9 Å². The first-order chi connectivity index (χ1) is 9.66. The molecule has 0 aliphatic carbocycles. The zero-order chi connectivity index (χ0) is 14.2. The minimum absolute atomic E-state index is 0.163. The van der Waals surface area contributed by atoms with E-state index in [4.69, 9.17) is 0 Å². The van der Waals surface area contributed by atoms with Crippen molar-refractivity contribution in [1.82, 2.24) is 5.32 Å². The summed E-state index contributed by atoms with van der Waals surface area (Å²) in [6, 6.07) is 4.78. The molecule has 1 unspecified atom stereocenters. The Morgan fingerprint density at radius 2 is 2.35 bits per heavy atom. The average molecular weight is 276 g/mol. The molecule has 2 aliphatic rings. The number of hydrogen-bond donors (Lipinski definition) is 1. The van der Waals surface area contributed by atoms with E-state index < -0.39 is 0 Å². The molecule has 1 fully saturated rings. The van der Waals surface area contributed by atoms with Crippen LogP contribution in [-0.2, 0) is 11.2 Å². The Bertz CT molecular complexity index is 523. The quantitative estimate of drug-likeness (QED) is 0.900. The lowest BCUT2D eigenvalue weighted by molar-refractivity contribution is -0.129. The minimum atomic E-state index is -0.313. The predicted molar refractivity (Wildman–Crippen MR) is 77.3 cm³/mol. The maximum absolute atomic E-state index is 13.5. The Balaban J connectivity index is 1.90. The second-order valence-electron chi connectivity index (χ2n) is 5.89. The molecule has 4 heteroatoms. The van der Waals surface area contributed by atoms with E-state index in [1.807, 2.05) is 0 Å². The van der Waals surface area contributed by atoms with Crippen molar-refractivity contribution in [3.8, 4) is 0 Å². The summed E-state index contributed by atoms with van der Waals surface area (Å²) < 4.78 is 13.5. The molecule has 1 saturated heterocycles. The van der Waals surface area contributed by atoms with E-state index in [0.29, 0.717) is 6.54 Å². The van der Waals surface area contributed by atoms with E-state index in [9.17, 15) is 9.18 Å². The lowest BCUT2D eigenvalue weighted by Crippen LogP contribution is -2.51. The highest BCUT2D eigenvalue weighted by atomic mass is 19.1. The van der Waals surface area contributed by atoms with E-state index in [-0.39, 0.29) is 17.1 Å². The number of carbonyl (C=O) groups excluding carboxylic acids is 1. The number of nitrogens with one attached hydrogen (secondary N) is 1. The standard InChI is InChI=1S/C16H21FN2O/c1-2-16(7-3-8-18-11-16)15(20)19-9-6-12-4-5-13(17)10-14(12)19/h4-5,10,18H,2-3,6-9,11H2,1H3. The highest BCUT2D eigenvalue weighted by Gasteiger charge is 2.42. The Hall–Kier alpha value is -1.42. The van der Waals surface area contributed by atoms with Gasteiger partial charge in [-0.1, -0.05) is 13.0 Å². The van der Waals surface area contributed by atoms with E-state index in [1.54, 1.807) is 11.0 Å². The van der Waals surface area contributed by atoms with E-state index in [1.165, 1.54) is 12.1 Å². The molecule has 0 radical (unpaired) electrons. The van der Waals surface area contributed by atoms with Gasteiger partial charge in [-0.15, -0.1) is 0 Å². The molecule has 1 aromatic carbocycles.